The number of carbonyl (C=O) groups is 4. The molecule has 0 bridgehead atoms. The number of hydrogen-bond donors (Lipinski definition) is 3. The summed E-state index contributed by atoms with van der Waals surface area (Å²) in [6.45, 7) is 4.66. The molecule has 0 amide bonds. The third-order valence-electron chi connectivity index (χ3n) is 17.1. The molecule has 5 atom stereocenters. The van der Waals surface area contributed by atoms with Crippen molar-refractivity contribution < 1.29 is 80.2 Å². The van der Waals surface area contributed by atoms with Gasteiger partial charge in [-0.1, -0.05) is 315 Å². The van der Waals surface area contributed by atoms with Gasteiger partial charge in [-0.2, -0.15) is 0 Å². The van der Waals surface area contributed by atoms with Gasteiger partial charge in [0.2, 0.25) is 0 Å². The van der Waals surface area contributed by atoms with E-state index in [-0.39, 0.29) is 25.7 Å². The van der Waals surface area contributed by atoms with Gasteiger partial charge in [0, 0.05) is 25.7 Å². The maximum Gasteiger partial charge on any atom is 0.472 e. The maximum absolute atomic E-state index is 13.1. The predicted molar refractivity (Wildman–Crippen MR) is 436 cm³/mol. The van der Waals surface area contributed by atoms with Crippen LogP contribution in [0.25, 0.3) is 0 Å². The first-order chi connectivity index (χ1) is 51.7. The Morgan fingerprint density at radius 1 is 0.264 bits per heavy atom. The summed E-state index contributed by atoms with van der Waals surface area (Å²) in [5.74, 6) is -2.37. The Morgan fingerprint density at radius 2 is 0.481 bits per heavy atom. The van der Waals surface area contributed by atoms with Gasteiger partial charge in [0.1, 0.15) is 19.3 Å². The number of allylic oxidation sites excluding steroid dienone is 22. The van der Waals surface area contributed by atoms with Crippen molar-refractivity contribution in [2.24, 2.45) is 0 Å². The second-order valence-electron chi connectivity index (χ2n) is 27.4. The van der Waals surface area contributed by atoms with Crippen LogP contribution in [0, 0.1) is 0 Å². The van der Waals surface area contributed by atoms with Gasteiger partial charge < -0.3 is 33.8 Å². The maximum atomic E-state index is 13.1. The molecule has 2 unspecified atom stereocenters. The number of unbranched alkanes of at least 4 members (excludes halogenated alkanes) is 29. The summed E-state index contributed by atoms with van der Waals surface area (Å²) in [6.07, 6.45) is 88.8. The zero-order chi connectivity index (χ0) is 77.4. The van der Waals surface area contributed by atoms with E-state index in [1.54, 1.807) is 0 Å². The molecule has 17 nitrogen and oxygen atoms in total. The van der Waals surface area contributed by atoms with E-state index in [1.807, 2.05) is 24.3 Å². The Hall–Kier alpha value is -4.80. The van der Waals surface area contributed by atoms with Gasteiger partial charge in [0.05, 0.1) is 26.4 Å². The Labute approximate surface area is 644 Å². The highest BCUT2D eigenvalue weighted by molar-refractivity contribution is 7.47. The van der Waals surface area contributed by atoms with E-state index in [1.165, 1.54) is 128 Å². The summed E-state index contributed by atoms with van der Waals surface area (Å²) in [7, 11) is -10.0. The van der Waals surface area contributed by atoms with Gasteiger partial charge in [0.25, 0.3) is 0 Å². The highest BCUT2D eigenvalue weighted by atomic mass is 31.2. The first kappa shape index (κ1) is 101. The van der Waals surface area contributed by atoms with Crippen molar-refractivity contribution in [3.63, 3.8) is 0 Å². The summed E-state index contributed by atoms with van der Waals surface area (Å²) in [4.78, 5) is 73.0. The minimum Gasteiger partial charge on any atom is -0.462 e. The van der Waals surface area contributed by atoms with Crippen molar-refractivity contribution in [1.29, 1.82) is 0 Å². The second kappa shape index (κ2) is 78.3. The van der Waals surface area contributed by atoms with E-state index in [0.717, 1.165) is 116 Å². The van der Waals surface area contributed by atoms with Crippen LogP contribution in [0.1, 0.15) is 336 Å². The smallest absolute Gasteiger partial charge is 0.462 e. The molecular weight excluding hydrogens is 1380 g/mol. The van der Waals surface area contributed by atoms with Crippen LogP contribution >= 0.6 is 15.6 Å². The minimum atomic E-state index is -5.00. The molecule has 608 valence electrons. The fourth-order valence-electron chi connectivity index (χ4n) is 10.8. The first-order valence-corrected chi connectivity index (χ1v) is 44.4. The molecule has 0 fully saturated rings. The van der Waals surface area contributed by atoms with Crippen LogP contribution in [-0.4, -0.2) is 96.7 Å². The molecule has 19 heteroatoms. The van der Waals surface area contributed by atoms with Crippen molar-refractivity contribution >= 4 is 39.5 Å². The molecule has 0 aromatic carbocycles. The third kappa shape index (κ3) is 77.4. The molecule has 106 heavy (non-hydrogen) atoms. The van der Waals surface area contributed by atoms with E-state index in [4.69, 9.17) is 37.0 Å². The molecule has 0 radical (unpaired) electrons. The second-order valence-corrected chi connectivity index (χ2v) is 30.3. The van der Waals surface area contributed by atoms with Crippen LogP contribution < -0.4 is 0 Å². The first-order valence-electron chi connectivity index (χ1n) is 41.4. The average molecular weight is 1530 g/mol. The molecule has 0 aliphatic rings. The Balaban J connectivity index is 5.47. The SMILES string of the molecule is CCCCC/C=C\C/C=C\C/C=C\C/C=C\C/C=C\CCC(=O)OC[C@H](COP(=O)(O)OC[C@@H](O)COP(=O)(O)OC[C@@H](COC(=O)CC/C=C\C/C=C\C/C=C\C/C=C\C/C=C\CCCCC)OC(=O)CCCCCCCCCCCCCCCCC)OC(=O)CCCCCCC/C=C\CCCCCC. The number of aliphatic hydroxyl groups is 1. The minimum absolute atomic E-state index is 0.0331. The standard InChI is InChI=1S/C87H148O17P2/c1-5-9-13-17-21-25-29-33-36-38-40-42-45-48-51-55-59-63-67-71-84(89)97-77-82(103-86(91)73-69-65-61-57-53-47-32-28-24-20-16-12-8-4)79-101-105(93,94)99-75-81(88)76-100-106(95,96)102-80-83(104-87(92)74-70-66-62-58-54-50-44-35-31-27-23-19-15-11-7-3)78-98-85(90)72-68-64-60-56-52-49-46-43-41-39-37-34-30-26-22-18-14-10-6-2/h21-22,25-26,28,32-34,36-37,40-43,48-49,51-52,59-60,63-64,81-83,88H,5-20,23-24,27,29-31,35,38-39,44-47,50,53-58,61-62,65-80H2,1-4H3,(H,93,94)(H,95,96)/b25-21-,26-22-,32-28-,36-33-,37-34-,42-40-,43-41-,51-48-,52-49-,63-59-,64-60-/t81-,82-,83-/m1/s1. The van der Waals surface area contributed by atoms with Gasteiger partial charge in [0.15, 0.2) is 12.2 Å². The van der Waals surface area contributed by atoms with Gasteiger partial charge in [-0.05, 0) is 128 Å². The quantitative estimate of drug-likeness (QED) is 0.0169. The van der Waals surface area contributed by atoms with E-state index in [2.05, 4.69) is 137 Å². The predicted octanol–water partition coefficient (Wildman–Crippen LogP) is 24.4. The molecule has 0 rings (SSSR count). The van der Waals surface area contributed by atoms with Crippen molar-refractivity contribution in [3.05, 3.63) is 134 Å². The lowest BCUT2D eigenvalue weighted by Crippen LogP contribution is -2.30. The van der Waals surface area contributed by atoms with E-state index in [0.29, 0.717) is 38.5 Å². The van der Waals surface area contributed by atoms with Crippen LogP contribution in [0.5, 0.6) is 0 Å². The number of phosphoric acid groups is 2. The number of hydrogen-bond acceptors (Lipinski definition) is 15. The molecule has 0 heterocycles. The van der Waals surface area contributed by atoms with Gasteiger partial charge in [-0.15, -0.1) is 0 Å². The van der Waals surface area contributed by atoms with Gasteiger partial charge in [-0.3, -0.25) is 37.3 Å². The van der Waals surface area contributed by atoms with Crippen molar-refractivity contribution in [1.82, 2.24) is 0 Å². The summed E-state index contributed by atoms with van der Waals surface area (Å²) in [5, 5.41) is 10.6. The zero-order valence-corrected chi connectivity index (χ0v) is 68.4. The molecule has 0 aliphatic heterocycles. The van der Waals surface area contributed by atoms with Crippen molar-refractivity contribution in [2.45, 2.75) is 354 Å². The number of carbonyl (C=O) groups excluding carboxylic acids is 4. The summed E-state index contributed by atoms with van der Waals surface area (Å²) in [5.41, 5.74) is 0. The summed E-state index contributed by atoms with van der Waals surface area (Å²) >= 11 is 0. The Bertz CT molecular complexity index is 2530. The van der Waals surface area contributed by atoms with E-state index < -0.39 is 97.5 Å². The molecule has 0 aliphatic carbocycles. The van der Waals surface area contributed by atoms with Gasteiger partial charge >= 0.3 is 39.5 Å². The zero-order valence-electron chi connectivity index (χ0n) is 66.6. The monoisotopic (exact) mass is 1530 g/mol. The largest absolute Gasteiger partial charge is 0.472 e. The van der Waals surface area contributed by atoms with Crippen LogP contribution in [0.4, 0.5) is 0 Å². The highest BCUT2D eigenvalue weighted by Crippen LogP contribution is 2.45. The summed E-state index contributed by atoms with van der Waals surface area (Å²) < 4.78 is 68.5. The van der Waals surface area contributed by atoms with E-state index in [9.17, 15) is 43.2 Å². The van der Waals surface area contributed by atoms with Crippen LogP contribution in [-0.2, 0) is 65.4 Å². The van der Waals surface area contributed by atoms with Crippen molar-refractivity contribution in [3.8, 4) is 0 Å². The number of phosphoric ester groups is 2. The van der Waals surface area contributed by atoms with Gasteiger partial charge in [-0.25, -0.2) is 9.13 Å². The molecule has 3 N–H and O–H groups in total. The average Bonchev–Trinajstić information content (AvgIpc) is 0.901. The molecule has 0 saturated carbocycles. The Kier molecular flexibility index (Phi) is 74.8. The van der Waals surface area contributed by atoms with Crippen molar-refractivity contribution in [2.75, 3.05) is 39.6 Å². The molecule has 0 spiro atoms. The normalized spacial score (nSPS) is 14.5. The Morgan fingerprint density at radius 3 is 0.783 bits per heavy atom. The lowest BCUT2D eigenvalue weighted by Gasteiger charge is -2.21. The van der Waals surface area contributed by atoms with Crippen LogP contribution in [0.3, 0.4) is 0 Å². The van der Waals surface area contributed by atoms with E-state index >= 15 is 0 Å². The fraction of sp³-hybridized carbons (Fsp3) is 0.701. The molecule has 0 aromatic heterocycles. The third-order valence-corrected chi connectivity index (χ3v) is 19.0. The lowest BCUT2D eigenvalue weighted by molar-refractivity contribution is -0.161. The number of esters is 4. The number of ether oxygens (including phenoxy) is 4. The topological polar surface area (TPSA) is 237 Å². The molecule has 0 saturated heterocycles. The van der Waals surface area contributed by atoms with Crippen LogP contribution in [0.15, 0.2) is 134 Å². The summed E-state index contributed by atoms with van der Waals surface area (Å²) in [6, 6.07) is 0. The molecular formula is C87H148O17P2. The fourth-order valence-corrected chi connectivity index (χ4v) is 12.3. The van der Waals surface area contributed by atoms with Crippen LogP contribution in [0.2, 0.25) is 0 Å². The lowest BCUT2D eigenvalue weighted by atomic mass is 10.0. The highest BCUT2D eigenvalue weighted by Gasteiger charge is 2.30. The molecule has 0 aromatic rings. The number of rotatable bonds is 77. The number of aliphatic hydroxyl groups excluding tert-OH is 1.